The highest BCUT2D eigenvalue weighted by Gasteiger charge is 2.30. The Morgan fingerprint density at radius 3 is 2.64 bits per heavy atom. The van der Waals surface area contributed by atoms with Crippen LogP contribution in [0.1, 0.15) is 43.3 Å². The molecule has 2 aromatic heterocycles. The van der Waals surface area contributed by atoms with Crippen molar-refractivity contribution in [1.82, 2.24) is 20.1 Å². The van der Waals surface area contributed by atoms with E-state index in [0.717, 1.165) is 44.1 Å². The molecule has 1 saturated heterocycles. The van der Waals surface area contributed by atoms with E-state index in [0.29, 0.717) is 23.6 Å². The first kappa shape index (κ1) is 16.2. The van der Waals surface area contributed by atoms with Crippen LogP contribution in [0.25, 0.3) is 0 Å². The Morgan fingerprint density at radius 2 is 1.96 bits per heavy atom. The third-order valence-corrected chi connectivity index (χ3v) is 4.92. The van der Waals surface area contributed by atoms with E-state index in [2.05, 4.69) is 25.0 Å². The number of nitrogens with zero attached hydrogens (tertiary/aromatic N) is 6. The fraction of sp³-hybridized carbons (Fsp3) is 0.647. The molecule has 2 aromatic rings. The van der Waals surface area contributed by atoms with E-state index in [4.69, 9.17) is 4.52 Å². The van der Waals surface area contributed by atoms with Gasteiger partial charge < -0.3 is 14.3 Å². The summed E-state index contributed by atoms with van der Waals surface area (Å²) < 4.78 is 19.1. The monoisotopic (exact) mass is 346 g/mol. The average Bonchev–Trinajstić information content (AvgIpc) is 3.36. The molecule has 1 aliphatic heterocycles. The summed E-state index contributed by atoms with van der Waals surface area (Å²) in [6.07, 6.45) is 6.50. The maximum Gasteiger partial charge on any atom is 0.229 e. The molecule has 0 amide bonds. The second-order valence-corrected chi connectivity index (χ2v) is 7.19. The molecule has 2 aliphatic rings. The lowest BCUT2D eigenvalue weighted by molar-refractivity contribution is 0.358. The highest BCUT2D eigenvalue weighted by Crippen LogP contribution is 2.39. The van der Waals surface area contributed by atoms with Crippen molar-refractivity contribution in [2.24, 2.45) is 5.92 Å². The Bertz CT molecular complexity index is 736. The molecule has 0 spiro atoms. The Kier molecular flexibility index (Phi) is 4.27. The Balaban J connectivity index is 1.35. The van der Waals surface area contributed by atoms with E-state index in [-0.39, 0.29) is 0 Å². The van der Waals surface area contributed by atoms with Gasteiger partial charge in [-0.3, -0.25) is 0 Å². The molecular formula is C17H23FN6O. The van der Waals surface area contributed by atoms with Crippen LogP contribution in [0.15, 0.2) is 10.7 Å². The maximum atomic E-state index is 13.7. The minimum Gasteiger partial charge on any atom is -0.360 e. The lowest BCUT2D eigenvalue weighted by Gasteiger charge is -2.31. The molecule has 0 radical (unpaired) electrons. The van der Waals surface area contributed by atoms with Gasteiger partial charge in [0.2, 0.25) is 11.8 Å². The molecule has 1 aliphatic carbocycles. The summed E-state index contributed by atoms with van der Waals surface area (Å²) in [5.74, 6) is 3.20. The predicted molar refractivity (Wildman–Crippen MR) is 91.2 cm³/mol. The maximum absolute atomic E-state index is 13.7. The standard InChI is InChI=1S/C17H23FN6O/c1-23(2)15-13(18)10-19-17(21-15)24-7-5-11(6-8-24)9-14-20-16(25-22-14)12-3-4-12/h10-12H,3-9H2,1-2H3. The number of rotatable bonds is 5. The van der Waals surface area contributed by atoms with Gasteiger partial charge in [0.1, 0.15) is 0 Å². The van der Waals surface area contributed by atoms with E-state index in [9.17, 15) is 4.39 Å². The molecule has 0 N–H and O–H groups in total. The van der Waals surface area contributed by atoms with Crippen LogP contribution in [0.5, 0.6) is 0 Å². The summed E-state index contributed by atoms with van der Waals surface area (Å²) in [4.78, 5) is 16.8. The zero-order chi connectivity index (χ0) is 17.4. The minimum absolute atomic E-state index is 0.325. The first-order valence-corrected chi connectivity index (χ1v) is 8.87. The van der Waals surface area contributed by atoms with Crippen molar-refractivity contribution in [2.45, 2.75) is 38.0 Å². The van der Waals surface area contributed by atoms with Gasteiger partial charge in [0, 0.05) is 39.5 Å². The fourth-order valence-electron chi connectivity index (χ4n) is 3.26. The SMILES string of the molecule is CN(C)c1nc(N2CCC(Cc3noc(C4CC4)n3)CC2)ncc1F. The van der Waals surface area contributed by atoms with Crippen LogP contribution in [0.4, 0.5) is 16.2 Å². The molecule has 4 rings (SSSR count). The predicted octanol–water partition coefficient (Wildman–Crippen LogP) is 2.40. The van der Waals surface area contributed by atoms with Crippen LogP contribution in [-0.4, -0.2) is 47.3 Å². The van der Waals surface area contributed by atoms with Crippen molar-refractivity contribution in [1.29, 1.82) is 0 Å². The number of halogens is 1. The average molecular weight is 346 g/mol. The van der Waals surface area contributed by atoms with Gasteiger partial charge in [0.15, 0.2) is 17.5 Å². The molecule has 0 bridgehead atoms. The highest BCUT2D eigenvalue weighted by atomic mass is 19.1. The van der Waals surface area contributed by atoms with Crippen LogP contribution in [-0.2, 0) is 6.42 Å². The third kappa shape index (κ3) is 3.57. The number of aromatic nitrogens is 4. The van der Waals surface area contributed by atoms with Gasteiger partial charge in [-0.1, -0.05) is 5.16 Å². The van der Waals surface area contributed by atoms with Crippen molar-refractivity contribution in [3.05, 3.63) is 23.7 Å². The summed E-state index contributed by atoms with van der Waals surface area (Å²) in [6, 6.07) is 0. The molecule has 2 fully saturated rings. The first-order chi connectivity index (χ1) is 12.1. The van der Waals surface area contributed by atoms with Crippen LogP contribution >= 0.6 is 0 Å². The van der Waals surface area contributed by atoms with Gasteiger partial charge in [0.25, 0.3) is 0 Å². The van der Waals surface area contributed by atoms with Crippen LogP contribution in [0.3, 0.4) is 0 Å². The summed E-state index contributed by atoms with van der Waals surface area (Å²) in [5, 5.41) is 4.12. The lowest BCUT2D eigenvalue weighted by Crippen LogP contribution is -2.36. The van der Waals surface area contributed by atoms with E-state index in [1.807, 2.05) is 0 Å². The second-order valence-electron chi connectivity index (χ2n) is 7.19. The van der Waals surface area contributed by atoms with Gasteiger partial charge in [-0.05, 0) is 31.6 Å². The number of hydrogen-bond donors (Lipinski definition) is 0. The molecule has 25 heavy (non-hydrogen) atoms. The number of anilines is 2. The lowest BCUT2D eigenvalue weighted by atomic mass is 9.93. The molecule has 3 heterocycles. The highest BCUT2D eigenvalue weighted by molar-refractivity contribution is 5.43. The van der Waals surface area contributed by atoms with E-state index in [1.54, 1.807) is 19.0 Å². The van der Waals surface area contributed by atoms with Crippen LogP contribution < -0.4 is 9.80 Å². The molecule has 0 unspecified atom stereocenters. The Hall–Kier alpha value is -2.25. The van der Waals surface area contributed by atoms with E-state index >= 15 is 0 Å². The summed E-state index contributed by atoms with van der Waals surface area (Å²) in [7, 11) is 3.56. The molecule has 134 valence electrons. The third-order valence-electron chi connectivity index (χ3n) is 4.92. The van der Waals surface area contributed by atoms with Crippen LogP contribution in [0, 0.1) is 11.7 Å². The summed E-state index contributed by atoms with van der Waals surface area (Å²) in [6.45, 7) is 1.72. The molecule has 0 atom stereocenters. The smallest absolute Gasteiger partial charge is 0.229 e. The van der Waals surface area contributed by atoms with Gasteiger partial charge in [-0.25, -0.2) is 9.37 Å². The van der Waals surface area contributed by atoms with Gasteiger partial charge in [-0.15, -0.1) is 0 Å². The fourth-order valence-corrected chi connectivity index (χ4v) is 3.26. The molecule has 8 heteroatoms. The van der Waals surface area contributed by atoms with Crippen molar-refractivity contribution >= 4 is 11.8 Å². The number of hydrogen-bond acceptors (Lipinski definition) is 7. The first-order valence-electron chi connectivity index (χ1n) is 8.87. The summed E-state index contributed by atoms with van der Waals surface area (Å²) >= 11 is 0. The van der Waals surface area contributed by atoms with Crippen molar-refractivity contribution in [3.63, 3.8) is 0 Å². The van der Waals surface area contributed by atoms with E-state index in [1.165, 1.54) is 19.0 Å². The second kappa shape index (κ2) is 6.57. The zero-order valence-corrected chi connectivity index (χ0v) is 14.7. The van der Waals surface area contributed by atoms with Crippen molar-refractivity contribution in [3.8, 4) is 0 Å². The molecule has 0 aromatic carbocycles. The molecule has 1 saturated carbocycles. The normalized spacial score (nSPS) is 18.6. The largest absolute Gasteiger partial charge is 0.360 e. The molecule has 7 nitrogen and oxygen atoms in total. The van der Waals surface area contributed by atoms with Gasteiger partial charge in [-0.2, -0.15) is 9.97 Å². The number of piperidine rings is 1. The summed E-state index contributed by atoms with van der Waals surface area (Å²) in [5.41, 5.74) is 0. The Morgan fingerprint density at radius 1 is 1.20 bits per heavy atom. The topological polar surface area (TPSA) is 71.2 Å². The zero-order valence-electron chi connectivity index (χ0n) is 14.7. The molecular weight excluding hydrogens is 323 g/mol. The minimum atomic E-state index is -0.396. The van der Waals surface area contributed by atoms with Crippen molar-refractivity contribution < 1.29 is 8.91 Å². The van der Waals surface area contributed by atoms with Gasteiger partial charge >= 0.3 is 0 Å². The van der Waals surface area contributed by atoms with Crippen molar-refractivity contribution in [2.75, 3.05) is 37.0 Å². The van der Waals surface area contributed by atoms with Crippen LogP contribution in [0.2, 0.25) is 0 Å². The van der Waals surface area contributed by atoms with E-state index < -0.39 is 5.82 Å². The van der Waals surface area contributed by atoms with Gasteiger partial charge in [0.05, 0.1) is 6.20 Å². The quantitative estimate of drug-likeness (QED) is 0.823. The Labute approximate surface area is 146 Å².